The minimum Gasteiger partial charge on any atom is -0.348 e. The zero-order chi connectivity index (χ0) is 18.0. The van der Waals surface area contributed by atoms with E-state index in [0.717, 1.165) is 51.1 Å². The quantitative estimate of drug-likeness (QED) is 0.832. The first-order valence-corrected chi connectivity index (χ1v) is 9.53. The smallest absolute Gasteiger partial charge is 0.226 e. The van der Waals surface area contributed by atoms with Gasteiger partial charge < -0.3 is 15.2 Å². The van der Waals surface area contributed by atoms with Crippen molar-refractivity contribution in [3.63, 3.8) is 0 Å². The molecule has 2 aromatic rings. The van der Waals surface area contributed by atoms with Crippen LogP contribution in [0.5, 0.6) is 0 Å². The van der Waals surface area contributed by atoms with Gasteiger partial charge in [-0.05, 0) is 49.8 Å². The number of aromatic nitrogens is 3. The predicted octanol–water partition coefficient (Wildman–Crippen LogP) is 1.92. The number of aryl methyl sites for hydroxylation is 2. The summed E-state index contributed by atoms with van der Waals surface area (Å²) in [6.07, 6.45) is 5.88. The number of rotatable bonds is 6. The Hall–Kier alpha value is -2.21. The monoisotopic (exact) mass is 353 g/mol. The molecule has 0 bridgehead atoms. The normalized spacial score (nSPS) is 23.7. The third-order valence-electron chi connectivity index (χ3n) is 6.39. The fourth-order valence-corrected chi connectivity index (χ4v) is 4.44. The van der Waals surface area contributed by atoms with Crippen molar-refractivity contribution in [3.8, 4) is 0 Å². The van der Waals surface area contributed by atoms with Crippen molar-refractivity contribution in [2.75, 3.05) is 13.1 Å². The molecular weight excluding hydrogens is 326 g/mol. The molecule has 2 heterocycles. The molecule has 0 radical (unpaired) electrons. The van der Waals surface area contributed by atoms with Crippen LogP contribution in [-0.4, -0.2) is 33.8 Å². The van der Waals surface area contributed by atoms with Gasteiger partial charge in [-0.15, -0.1) is 10.2 Å². The summed E-state index contributed by atoms with van der Waals surface area (Å²) in [5.41, 5.74) is 1.28. The van der Waals surface area contributed by atoms with E-state index >= 15 is 0 Å². The molecule has 1 atom stereocenters. The van der Waals surface area contributed by atoms with Crippen molar-refractivity contribution < 1.29 is 4.79 Å². The number of benzene rings is 1. The van der Waals surface area contributed by atoms with Gasteiger partial charge in [-0.2, -0.15) is 0 Å². The van der Waals surface area contributed by atoms with E-state index in [1.165, 1.54) is 5.56 Å². The minimum absolute atomic E-state index is 0.164. The van der Waals surface area contributed by atoms with Crippen LogP contribution in [0.3, 0.4) is 0 Å². The zero-order valence-corrected chi connectivity index (χ0v) is 15.4. The van der Waals surface area contributed by atoms with Crippen molar-refractivity contribution in [3.05, 3.63) is 48.0 Å². The fourth-order valence-electron chi connectivity index (χ4n) is 4.44. The van der Waals surface area contributed by atoms with Crippen LogP contribution in [-0.2, 0) is 24.3 Å². The molecule has 1 unspecified atom stereocenters. The van der Waals surface area contributed by atoms with E-state index in [-0.39, 0.29) is 16.7 Å². The van der Waals surface area contributed by atoms with E-state index in [1.807, 2.05) is 10.6 Å². The molecule has 138 valence electrons. The highest BCUT2D eigenvalue weighted by Gasteiger charge is 2.67. The van der Waals surface area contributed by atoms with Crippen LogP contribution in [0.4, 0.5) is 0 Å². The number of hydrogen-bond acceptors (Lipinski definition) is 4. The third kappa shape index (κ3) is 3.14. The molecule has 6 nitrogen and oxygen atoms in total. The van der Waals surface area contributed by atoms with Gasteiger partial charge in [0, 0.05) is 6.54 Å². The average molecular weight is 353 g/mol. The summed E-state index contributed by atoms with van der Waals surface area (Å²) in [4.78, 5) is 12.8. The van der Waals surface area contributed by atoms with Gasteiger partial charge in [-0.1, -0.05) is 37.3 Å². The molecule has 1 aromatic heterocycles. The maximum absolute atomic E-state index is 12.8. The molecule has 1 spiro atoms. The Bertz CT molecular complexity index is 766. The Labute approximate surface area is 154 Å². The van der Waals surface area contributed by atoms with E-state index in [1.54, 1.807) is 6.33 Å². The number of amides is 1. The Kier molecular flexibility index (Phi) is 4.53. The highest BCUT2D eigenvalue weighted by Crippen LogP contribution is 2.68. The molecule has 1 aliphatic carbocycles. The summed E-state index contributed by atoms with van der Waals surface area (Å²) in [7, 11) is 0. The third-order valence-corrected chi connectivity index (χ3v) is 6.39. The molecule has 2 fully saturated rings. The topological polar surface area (TPSA) is 71.8 Å². The SMILES string of the molecule is CC1(C(=O)NCc2nncn2CCc2ccccc2)CC12CCNCC2. The Morgan fingerprint density at radius 2 is 2.04 bits per heavy atom. The van der Waals surface area contributed by atoms with Crippen molar-refractivity contribution in [1.29, 1.82) is 0 Å². The first-order chi connectivity index (χ1) is 12.6. The van der Waals surface area contributed by atoms with Crippen molar-refractivity contribution in [1.82, 2.24) is 25.4 Å². The number of carbonyl (C=O) groups is 1. The summed E-state index contributed by atoms with van der Waals surface area (Å²) in [5.74, 6) is 0.981. The van der Waals surface area contributed by atoms with Crippen LogP contribution in [0.1, 0.15) is 37.6 Å². The average Bonchev–Trinajstić information content (AvgIpc) is 3.03. The Balaban J connectivity index is 1.33. The summed E-state index contributed by atoms with van der Waals surface area (Å²) in [6.45, 7) is 5.42. The van der Waals surface area contributed by atoms with Gasteiger partial charge in [0.25, 0.3) is 0 Å². The molecule has 2 aliphatic rings. The molecule has 1 aromatic carbocycles. The molecular formula is C20H27N5O. The predicted molar refractivity (Wildman–Crippen MR) is 99.3 cm³/mol. The van der Waals surface area contributed by atoms with E-state index in [2.05, 4.69) is 52.0 Å². The molecule has 4 rings (SSSR count). The fraction of sp³-hybridized carbons (Fsp3) is 0.550. The molecule has 26 heavy (non-hydrogen) atoms. The lowest BCUT2D eigenvalue weighted by atomic mass is 9.85. The van der Waals surface area contributed by atoms with Gasteiger partial charge in [-0.3, -0.25) is 4.79 Å². The van der Waals surface area contributed by atoms with Gasteiger partial charge >= 0.3 is 0 Å². The largest absolute Gasteiger partial charge is 0.348 e. The van der Waals surface area contributed by atoms with Gasteiger partial charge in [0.15, 0.2) is 5.82 Å². The second-order valence-corrected chi connectivity index (χ2v) is 7.90. The second-order valence-electron chi connectivity index (χ2n) is 7.90. The van der Waals surface area contributed by atoms with Crippen LogP contribution < -0.4 is 10.6 Å². The van der Waals surface area contributed by atoms with Crippen LogP contribution in [0.15, 0.2) is 36.7 Å². The lowest BCUT2D eigenvalue weighted by Crippen LogP contribution is -2.38. The second kappa shape index (κ2) is 6.83. The first-order valence-electron chi connectivity index (χ1n) is 9.53. The van der Waals surface area contributed by atoms with Gasteiger partial charge in [0.1, 0.15) is 6.33 Å². The van der Waals surface area contributed by atoms with Crippen LogP contribution in [0, 0.1) is 10.8 Å². The lowest BCUT2D eigenvalue weighted by Gasteiger charge is -2.27. The van der Waals surface area contributed by atoms with Crippen molar-refractivity contribution >= 4 is 5.91 Å². The highest BCUT2D eigenvalue weighted by atomic mass is 16.2. The summed E-state index contributed by atoms with van der Waals surface area (Å²) < 4.78 is 2.03. The standard InChI is InChI=1S/C20H27N5O/c1-19(14-20(19)8-10-21-11-9-20)18(26)22-13-17-24-23-15-25(17)12-7-16-5-3-2-4-6-16/h2-6,15,21H,7-14H2,1H3,(H,22,26). The molecule has 1 saturated carbocycles. The summed E-state index contributed by atoms with van der Waals surface area (Å²) >= 11 is 0. The van der Waals surface area contributed by atoms with E-state index in [9.17, 15) is 4.79 Å². The van der Waals surface area contributed by atoms with E-state index in [4.69, 9.17) is 0 Å². The molecule has 6 heteroatoms. The number of piperidine rings is 1. The van der Waals surface area contributed by atoms with Crippen LogP contribution >= 0.6 is 0 Å². The molecule has 2 N–H and O–H groups in total. The van der Waals surface area contributed by atoms with Gasteiger partial charge in [-0.25, -0.2) is 0 Å². The van der Waals surface area contributed by atoms with Crippen molar-refractivity contribution in [2.24, 2.45) is 10.8 Å². The lowest BCUT2D eigenvalue weighted by molar-refractivity contribution is -0.127. The van der Waals surface area contributed by atoms with Crippen LogP contribution in [0.25, 0.3) is 0 Å². The maximum atomic E-state index is 12.8. The van der Waals surface area contributed by atoms with Crippen LogP contribution in [0.2, 0.25) is 0 Å². The molecule has 1 aliphatic heterocycles. The summed E-state index contributed by atoms with van der Waals surface area (Å²) in [5, 5.41) is 14.7. The Morgan fingerprint density at radius 1 is 1.27 bits per heavy atom. The number of nitrogens with one attached hydrogen (secondary N) is 2. The maximum Gasteiger partial charge on any atom is 0.226 e. The zero-order valence-electron chi connectivity index (χ0n) is 15.4. The van der Waals surface area contributed by atoms with E-state index < -0.39 is 0 Å². The molecule has 1 saturated heterocycles. The Morgan fingerprint density at radius 3 is 2.81 bits per heavy atom. The number of carbonyl (C=O) groups excluding carboxylic acids is 1. The van der Waals surface area contributed by atoms with E-state index in [0.29, 0.717) is 6.54 Å². The van der Waals surface area contributed by atoms with Crippen molar-refractivity contribution in [2.45, 2.75) is 45.7 Å². The number of hydrogen-bond donors (Lipinski definition) is 2. The highest BCUT2D eigenvalue weighted by molar-refractivity contribution is 5.86. The summed E-state index contributed by atoms with van der Waals surface area (Å²) in [6, 6.07) is 10.4. The van der Waals surface area contributed by atoms with Gasteiger partial charge in [0.05, 0.1) is 12.0 Å². The number of nitrogens with zero attached hydrogens (tertiary/aromatic N) is 3. The first kappa shape index (κ1) is 17.2. The minimum atomic E-state index is -0.218. The molecule has 1 amide bonds. The van der Waals surface area contributed by atoms with Gasteiger partial charge in [0.2, 0.25) is 5.91 Å².